The van der Waals surface area contributed by atoms with Crippen LogP contribution in [0.3, 0.4) is 0 Å². The molecule has 0 heterocycles. The van der Waals surface area contributed by atoms with E-state index in [9.17, 15) is 4.79 Å². The van der Waals surface area contributed by atoms with E-state index in [-0.39, 0.29) is 5.92 Å². The molecule has 0 saturated carbocycles. The Labute approximate surface area is 75.0 Å². The van der Waals surface area contributed by atoms with E-state index in [1.165, 1.54) is 0 Å². The third-order valence-electron chi connectivity index (χ3n) is 1.29. The fourth-order valence-corrected chi connectivity index (χ4v) is 1.19. The van der Waals surface area contributed by atoms with Crippen LogP contribution < -0.4 is 0 Å². The molecule has 2 nitrogen and oxygen atoms in total. The first-order valence-electron chi connectivity index (χ1n) is 4.06. The SMILES string of the molecule is CC(CC#C[Si](C)(C)C)C(=O)O. The summed E-state index contributed by atoms with van der Waals surface area (Å²) in [7, 11) is -1.31. The van der Waals surface area contributed by atoms with Crippen molar-refractivity contribution in [2.75, 3.05) is 0 Å². The van der Waals surface area contributed by atoms with Gasteiger partial charge in [-0.05, 0) is 0 Å². The number of carboxylic acids is 1. The number of hydrogen-bond donors (Lipinski definition) is 1. The van der Waals surface area contributed by atoms with E-state index < -0.39 is 14.0 Å². The average Bonchev–Trinajstić information content (AvgIpc) is 1.84. The summed E-state index contributed by atoms with van der Waals surface area (Å²) in [6, 6.07) is 0. The summed E-state index contributed by atoms with van der Waals surface area (Å²) in [4.78, 5) is 10.4. The van der Waals surface area contributed by atoms with E-state index in [0.717, 1.165) is 0 Å². The lowest BCUT2D eigenvalue weighted by molar-refractivity contribution is -0.140. The van der Waals surface area contributed by atoms with E-state index in [0.29, 0.717) is 6.42 Å². The van der Waals surface area contributed by atoms with Crippen LogP contribution in [-0.2, 0) is 4.79 Å². The van der Waals surface area contributed by atoms with Crippen LogP contribution in [0.15, 0.2) is 0 Å². The molecule has 0 radical (unpaired) electrons. The monoisotopic (exact) mass is 184 g/mol. The summed E-state index contributed by atoms with van der Waals surface area (Å²) >= 11 is 0. The van der Waals surface area contributed by atoms with Crippen LogP contribution in [0.4, 0.5) is 0 Å². The standard InChI is InChI=1S/C9H16O2Si/c1-8(9(10)11)6-5-7-12(2,3)4/h8H,6H2,1-4H3,(H,10,11). The van der Waals surface area contributed by atoms with Gasteiger partial charge in [0.2, 0.25) is 0 Å². The Morgan fingerprint density at radius 2 is 2.00 bits per heavy atom. The van der Waals surface area contributed by atoms with E-state index in [4.69, 9.17) is 5.11 Å². The van der Waals surface area contributed by atoms with Crippen molar-refractivity contribution >= 4 is 14.0 Å². The smallest absolute Gasteiger partial charge is 0.307 e. The molecule has 0 aliphatic rings. The molecule has 0 bridgehead atoms. The molecule has 0 saturated heterocycles. The molecule has 1 atom stereocenters. The van der Waals surface area contributed by atoms with Gasteiger partial charge >= 0.3 is 5.97 Å². The zero-order valence-corrected chi connectivity index (χ0v) is 9.14. The van der Waals surface area contributed by atoms with Crippen molar-refractivity contribution in [3.63, 3.8) is 0 Å². The summed E-state index contributed by atoms with van der Waals surface area (Å²) in [5.74, 6) is 1.83. The molecule has 0 fully saturated rings. The highest BCUT2D eigenvalue weighted by Crippen LogP contribution is 2.01. The molecule has 0 spiro atoms. The first kappa shape index (κ1) is 11.2. The maximum Gasteiger partial charge on any atom is 0.307 e. The van der Waals surface area contributed by atoms with E-state index >= 15 is 0 Å². The molecule has 1 N–H and O–H groups in total. The van der Waals surface area contributed by atoms with E-state index in [1.807, 2.05) is 0 Å². The highest BCUT2D eigenvalue weighted by molar-refractivity contribution is 6.83. The highest BCUT2D eigenvalue weighted by atomic mass is 28.3. The van der Waals surface area contributed by atoms with Crippen molar-refractivity contribution in [2.24, 2.45) is 5.92 Å². The van der Waals surface area contributed by atoms with Gasteiger partial charge in [0.15, 0.2) is 0 Å². The van der Waals surface area contributed by atoms with E-state index in [1.54, 1.807) is 6.92 Å². The second-order valence-corrected chi connectivity index (χ2v) is 8.75. The minimum Gasteiger partial charge on any atom is -0.481 e. The molecule has 68 valence electrons. The van der Waals surface area contributed by atoms with Gasteiger partial charge in [0.1, 0.15) is 8.07 Å². The topological polar surface area (TPSA) is 37.3 Å². The van der Waals surface area contributed by atoms with Crippen molar-refractivity contribution in [1.82, 2.24) is 0 Å². The summed E-state index contributed by atoms with van der Waals surface area (Å²) in [5.41, 5.74) is 3.13. The highest BCUT2D eigenvalue weighted by Gasteiger charge is 2.10. The van der Waals surface area contributed by atoms with Crippen molar-refractivity contribution in [1.29, 1.82) is 0 Å². The quantitative estimate of drug-likeness (QED) is 0.526. The van der Waals surface area contributed by atoms with Gasteiger partial charge in [-0.2, -0.15) is 0 Å². The molecule has 0 aliphatic carbocycles. The molecule has 0 aromatic carbocycles. The zero-order valence-electron chi connectivity index (χ0n) is 8.14. The number of carboxylic acid groups (broad SMARTS) is 1. The van der Waals surface area contributed by atoms with Gasteiger partial charge in [-0.1, -0.05) is 26.6 Å². The Hall–Kier alpha value is -0.753. The second kappa shape index (κ2) is 4.32. The molecule has 0 aromatic heterocycles. The first-order valence-corrected chi connectivity index (χ1v) is 7.56. The van der Waals surface area contributed by atoms with Crippen LogP contribution in [0, 0.1) is 17.4 Å². The van der Waals surface area contributed by atoms with E-state index in [2.05, 4.69) is 31.1 Å². The van der Waals surface area contributed by atoms with Gasteiger partial charge in [0, 0.05) is 6.42 Å². The van der Waals surface area contributed by atoms with Gasteiger partial charge in [-0.25, -0.2) is 0 Å². The molecule has 0 aromatic rings. The molecule has 0 aliphatic heterocycles. The molecule has 0 rings (SSSR count). The molecule has 0 amide bonds. The van der Waals surface area contributed by atoms with Gasteiger partial charge < -0.3 is 5.11 Å². The fourth-order valence-electron chi connectivity index (χ4n) is 0.557. The normalized spacial score (nSPS) is 13.0. The van der Waals surface area contributed by atoms with Gasteiger partial charge in [0.05, 0.1) is 5.92 Å². The lowest BCUT2D eigenvalue weighted by Gasteiger charge is -2.04. The summed E-state index contributed by atoms with van der Waals surface area (Å²) in [6.07, 6.45) is 0.472. The Balaban J connectivity index is 3.96. The van der Waals surface area contributed by atoms with Crippen molar-refractivity contribution in [2.45, 2.75) is 33.0 Å². The van der Waals surface area contributed by atoms with Gasteiger partial charge in [-0.15, -0.1) is 11.5 Å². The number of rotatable bonds is 2. The van der Waals surface area contributed by atoms with Crippen LogP contribution in [-0.4, -0.2) is 19.1 Å². The van der Waals surface area contributed by atoms with Crippen LogP contribution in [0.2, 0.25) is 19.6 Å². The third kappa shape index (κ3) is 5.99. The third-order valence-corrected chi connectivity index (χ3v) is 2.22. The molecule has 3 heteroatoms. The summed E-state index contributed by atoms with van der Waals surface area (Å²) < 4.78 is 0. The number of carbonyl (C=O) groups is 1. The Bertz CT molecular complexity index is 217. The fraction of sp³-hybridized carbons (Fsp3) is 0.667. The number of hydrogen-bond acceptors (Lipinski definition) is 1. The molecular weight excluding hydrogens is 168 g/mol. The number of aliphatic carboxylic acids is 1. The lowest BCUT2D eigenvalue weighted by atomic mass is 10.1. The zero-order chi connectivity index (χ0) is 9.78. The van der Waals surface area contributed by atoms with Crippen molar-refractivity contribution < 1.29 is 9.90 Å². The van der Waals surface area contributed by atoms with Crippen LogP contribution in [0.25, 0.3) is 0 Å². The molecule has 12 heavy (non-hydrogen) atoms. The molecule has 1 unspecified atom stereocenters. The van der Waals surface area contributed by atoms with Crippen LogP contribution in [0.1, 0.15) is 13.3 Å². The van der Waals surface area contributed by atoms with Crippen molar-refractivity contribution in [3.05, 3.63) is 0 Å². The largest absolute Gasteiger partial charge is 0.481 e. The van der Waals surface area contributed by atoms with Gasteiger partial charge in [0.25, 0.3) is 0 Å². The predicted octanol–water partition coefficient (Wildman–Crippen LogP) is 1.98. The van der Waals surface area contributed by atoms with Crippen molar-refractivity contribution in [3.8, 4) is 11.5 Å². The Kier molecular flexibility index (Phi) is 4.05. The Morgan fingerprint density at radius 3 is 2.33 bits per heavy atom. The first-order chi connectivity index (χ1) is 5.33. The minimum atomic E-state index is -1.31. The second-order valence-electron chi connectivity index (χ2n) is 4.00. The van der Waals surface area contributed by atoms with Crippen LogP contribution in [0.5, 0.6) is 0 Å². The predicted molar refractivity (Wildman–Crippen MR) is 52.5 cm³/mol. The lowest BCUT2D eigenvalue weighted by Crippen LogP contribution is -2.16. The summed E-state index contributed by atoms with van der Waals surface area (Å²) in [6.45, 7) is 8.11. The van der Waals surface area contributed by atoms with Gasteiger partial charge in [-0.3, -0.25) is 4.79 Å². The summed E-state index contributed by atoms with van der Waals surface area (Å²) in [5, 5.41) is 8.55. The Morgan fingerprint density at radius 1 is 1.50 bits per heavy atom. The molecular formula is C9H16O2Si. The maximum absolute atomic E-state index is 10.4. The van der Waals surface area contributed by atoms with Crippen LogP contribution >= 0.6 is 0 Å². The maximum atomic E-state index is 10.4. The minimum absolute atomic E-state index is 0.339. The average molecular weight is 184 g/mol.